The van der Waals surface area contributed by atoms with Crippen LogP contribution in [0.15, 0.2) is 48.8 Å². The van der Waals surface area contributed by atoms with E-state index in [1.54, 1.807) is 41.6 Å². The summed E-state index contributed by atoms with van der Waals surface area (Å²) in [6, 6.07) is 9.80. The minimum Gasteiger partial charge on any atom is -0.435 e. The highest BCUT2D eigenvalue weighted by molar-refractivity contribution is 5.67. The van der Waals surface area contributed by atoms with Crippen LogP contribution in [0.1, 0.15) is 0 Å². The highest BCUT2D eigenvalue weighted by atomic mass is 19.3. The Morgan fingerprint density at radius 2 is 1.81 bits per heavy atom. The van der Waals surface area contributed by atoms with Gasteiger partial charge in [0.25, 0.3) is 0 Å². The summed E-state index contributed by atoms with van der Waals surface area (Å²) in [5.41, 5.74) is 1.56. The number of rotatable bonds is 6. The summed E-state index contributed by atoms with van der Waals surface area (Å²) in [6.45, 7) is -2.85. The van der Waals surface area contributed by atoms with Gasteiger partial charge in [0.1, 0.15) is 11.6 Å². The van der Waals surface area contributed by atoms with E-state index in [0.717, 1.165) is 11.1 Å². The number of nitrogens with one attached hydrogen (secondary N) is 1. The third kappa shape index (κ3) is 4.38. The van der Waals surface area contributed by atoms with Crippen molar-refractivity contribution in [3.05, 3.63) is 48.8 Å². The van der Waals surface area contributed by atoms with E-state index in [0.29, 0.717) is 17.6 Å². The molecule has 0 spiro atoms. The van der Waals surface area contributed by atoms with Gasteiger partial charge in [0.05, 0.1) is 6.20 Å². The third-order valence-corrected chi connectivity index (χ3v) is 3.37. The van der Waals surface area contributed by atoms with Crippen LogP contribution >= 0.6 is 0 Å². The molecule has 0 fully saturated rings. The van der Waals surface area contributed by atoms with Gasteiger partial charge in [0.15, 0.2) is 5.82 Å². The predicted molar refractivity (Wildman–Crippen MR) is 93.7 cm³/mol. The summed E-state index contributed by atoms with van der Waals surface area (Å²) in [5.74, 6) is 1.74. The minimum absolute atomic E-state index is 0.0984. The molecule has 7 nitrogen and oxygen atoms in total. The maximum absolute atomic E-state index is 12.2. The highest BCUT2D eigenvalue weighted by Gasteiger charge is 2.07. The number of halogens is 2. The van der Waals surface area contributed by atoms with Crippen molar-refractivity contribution in [3.63, 3.8) is 0 Å². The molecule has 2 aromatic heterocycles. The van der Waals surface area contributed by atoms with Crippen LogP contribution in [0.25, 0.3) is 11.1 Å². The maximum atomic E-state index is 12.2. The molecular formula is C17H16F2N6O. The molecule has 3 aromatic rings. The lowest BCUT2D eigenvalue weighted by Gasteiger charge is -2.11. The van der Waals surface area contributed by atoms with Gasteiger partial charge >= 0.3 is 6.61 Å². The molecule has 1 aromatic carbocycles. The van der Waals surface area contributed by atoms with Crippen molar-refractivity contribution < 1.29 is 13.5 Å². The van der Waals surface area contributed by atoms with E-state index < -0.39 is 6.61 Å². The summed E-state index contributed by atoms with van der Waals surface area (Å²) in [6.07, 6.45) is 3.23. The van der Waals surface area contributed by atoms with Crippen LogP contribution in [-0.2, 0) is 0 Å². The molecular weight excluding hydrogens is 342 g/mol. The zero-order chi connectivity index (χ0) is 18.5. The average molecular weight is 358 g/mol. The molecule has 0 aliphatic rings. The summed E-state index contributed by atoms with van der Waals surface area (Å²) in [4.78, 5) is 10.3. The van der Waals surface area contributed by atoms with Crippen molar-refractivity contribution in [3.8, 4) is 16.9 Å². The fourth-order valence-electron chi connectivity index (χ4n) is 2.18. The van der Waals surface area contributed by atoms with Crippen molar-refractivity contribution >= 4 is 17.6 Å². The quantitative estimate of drug-likeness (QED) is 0.724. The molecule has 9 heteroatoms. The van der Waals surface area contributed by atoms with Gasteiger partial charge in [-0.2, -0.15) is 18.9 Å². The molecule has 26 heavy (non-hydrogen) atoms. The molecule has 0 unspecified atom stereocenters. The van der Waals surface area contributed by atoms with Gasteiger partial charge in [-0.25, -0.2) is 4.98 Å². The first-order chi connectivity index (χ1) is 12.5. The van der Waals surface area contributed by atoms with Gasteiger partial charge in [-0.05, 0) is 29.8 Å². The Morgan fingerprint density at radius 1 is 1.04 bits per heavy atom. The molecule has 0 aliphatic heterocycles. The van der Waals surface area contributed by atoms with Crippen LogP contribution in [0.3, 0.4) is 0 Å². The van der Waals surface area contributed by atoms with Gasteiger partial charge in [0.2, 0.25) is 5.95 Å². The third-order valence-electron chi connectivity index (χ3n) is 3.37. The molecule has 0 amide bonds. The van der Waals surface area contributed by atoms with Crippen molar-refractivity contribution in [2.24, 2.45) is 0 Å². The number of nitrogens with zero attached hydrogens (tertiary/aromatic N) is 5. The number of hydrogen-bond acceptors (Lipinski definition) is 7. The fourth-order valence-corrected chi connectivity index (χ4v) is 2.18. The SMILES string of the molecule is CN(C)c1nccc(Nc2cc(-c3ccc(OC(F)F)cc3)cnn2)n1. The molecule has 0 bridgehead atoms. The Bertz CT molecular complexity index is 873. The number of benzene rings is 1. The molecule has 134 valence electrons. The maximum Gasteiger partial charge on any atom is 0.387 e. The molecule has 0 radical (unpaired) electrons. The van der Waals surface area contributed by atoms with Crippen LogP contribution in [0.5, 0.6) is 5.75 Å². The number of ether oxygens (including phenoxy) is 1. The van der Waals surface area contributed by atoms with E-state index in [1.165, 1.54) is 12.1 Å². The van der Waals surface area contributed by atoms with E-state index in [1.807, 2.05) is 14.1 Å². The van der Waals surface area contributed by atoms with Crippen molar-refractivity contribution in [1.82, 2.24) is 20.2 Å². The first kappa shape index (κ1) is 17.5. The average Bonchev–Trinajstić information content (AvgIpc) is 2.62. The van der Waals surface area contributed by atoms with Gasteiger partial charge in [-0.3, -0.25) is 0 Å². The Morgan fingerprint density at radius 3 is 2.50 bits per heavy atom. The van der Waals surface area contributed by atoms with E-state index >= 15 is 0 Å². The monoisotopic (exact) mass is 358 g/mol. The zero-order valence-corrected chi connectivity index (χ0v) is 14.1. The molecule has 0 aliphatic carbocycles. The predicted octanol–water partition coefficient (Wildman–Crippen LogP) is 3.34. The Balaban J connectivity index is 1.79. The Hall–Kier alpha value is -3.36. The first-order valence-electron chi connectivity index (χ1n) is 7.66. The largest absolute Gasteiger partial charge is 0.435 e. The molecule has 0 saturated heterocycles. The van der Waals surface area contributed by atoms with E-state index in [9.17, 15) is 8.78 Å². The van der Waals surface area contributed by atoms with E-state index in [4.69, 9.17) is 0 Å². The summed E-state index contributed by atoms with van der Waals surface area (Å²) < 4.78 is 28.8. The molecule has 3 rings (SSSR count). The van der Waals surface area contributed by atoms with Gasteiger partial charge in [0, 0.05) is 25.9 Å². The second-order valence-corrected chi connectivity index (χ2v) is 5.49. The smallest absolute Gasteiger partial charge is 0.387 e. The van der Waals surface area contributed by atoms with Crippen LogP contribution in [0.4, 0.5) is 26.4 Å². The number of anilines is 3. The fraction of sp³-hybridized carbons (Fsp3) is 0.176. The number of alkyl halides is 2. The van der Waals surface area contributed by atoms with Crippen LogP contribution in [0.2, 0.25) is 0 Å². The van der Waals surface area contributed by atoms with Crippen molar-refractivity contribution in [1.29, 1.82) is 0 Å². The summed E-state index contributed by atoms with van der Waals surface area (Å²) >= 11 is 0. The second kappa shape index (κ2) is 7.68. The van der Waals surface area contributed by atoms with Crippen LogP contribution < -0.4 is 15.0 Å². The zero-order valence-electron chi connectivity index (χ0n) is 14.1. The van der Waals surface area contributed by atoms with Crippen molar-refractivity contribution in [2.45, 2.75) is 6.61 Å². The topological polar surface area (TPSA) is 76.1 Å². The number of aromatic nitrogens is 4. The Labute approximate surface area is 148 Å². The lowest BCUT2D eigenvalue weighted by Crippen LogP contribution is -2.13. The minimum atomic E-state index is -2.85. The van der Waals surface area contributed by atoms with Crippen LogP contribution in [0, 0.1) is 0 Å². The Kier molecular flexibility index (Phi) is 5.16. The first-order valence-corrected chi connectivity index (χ1v) is 7.66. The van der Waals surface area contributed by atoms with Gasteiger partial charge < -0.3 is 15.0 Å². The molecule has 1 N–H and O–H groups in total. The summed E-state index contributed by atoms with van der Waals surface area (Å²) in [5, 5.41) is 11.1. The lowest BCUT2D eigenvalue weighted by atomic mass is 10.1. The van der Waals surface area contributed by atoms with Crippen molar-refractivity contribution in [2.75, 3.05) is 24.3 Å². The summed E-state index contributed by atoms with van der Waals surface area (Å²) in [7, 11) is 3.70. The normalized spacial score (nSPS) is 10.7. The van der Waals surface area contributed by atoms with Gasteiger partial charge in [-0.15, -0.1) is 5.10 Å². The highest BCUT2D eigenvalue weighted by Crippen LogP contribution is 2.25. The second-order valence-electron chi connectivity index (χ2n) is 5.49. The van der Waals surface area contributed by atoms with Crippen LogP contribution in [-0.4, -0.2) is 40.9 Å². The van der Waals surface area contributed by atoms with E-state index in [-0.39, 0.29) is 5.75 Å². The molecule has 0 saturated carbocycles. The molecule has 0 atom stereocenters. The van der Waals surface area contributed by atoms with Gasteiger partial charge in [-0.1, -0.05) is 12.1 Å². The lowest BCUT2D eigenvalue weighted by molar-refractivity contribution is -0.0498. The number of hydrogen-bond donors (Lipinski definition) is 1. The standard InChI is InChI=1S/C17H16F2N6O/c1-25(2)17-20-8-7-14(23-17)22-15-9-12(10-21-24-15)11-3-5-13(6-4-11)26-16(18)19/h3-10,16H,1-2H3,(H,20,22,23,24). The van der Waals surface area contributed by atoms with E-state index in [2.05, 4.69) is 30.2 Å². The molecule has 2 heterocycles.